The van der Waals surface area contributed by atoms with E-state index in [1.165, 1.54) is 23.1 Å². The van der Waals surface area contributed by atoms with Crippen molar-refractivity contribution >= 4 is 33.9 Å². The molecule has 2 atom stereocenters. The maximum absolute atomic E-state index is 12.7. The van der Waals surface area contributed by atoms with Crippen molar-refractivity contribution in [3.8, 4) is 0 Å². The smallest absolute Gasteiger partial charge is 0.416 e. The molecule has 0 radical (unpaired) electrons. The lowest BCUT2D eigenvalue weighted by molar-refractivity contribution is -0.487. The number of alkyl halides is 3. The van der Waals surface area contributed by atoms with Gasteiger partial charge in [-0.25, -0.2) is 4.79 Å². The minimum atomic E-state index is -4.47. The monoisotopic (exact) mass is 492 g/mol. The molecule has 2 rings (SSSR count). The normalized spacial score (nSPS) is 18.8. The number of rotatable bonds is 6. The summed E-state index contributed by atoms with van der Waals surface area (Å²) in [5.41, 5.74) is -0.432. The van der Waals surface area contributed by atoms with Gasteiger partial charge in [0.15, 0.2) is 0 Å². The molecule has 1 amide bonds. The summed E-state index contributed by atoms with van der Waals surface area (Å²) >= 11 is 3.27. The van der Waals surface area contributed by atoms with Crippen LogP contribution in [0.15, 0.2) is 28.7 Å². The molecule has 1 fully saturated rings. The highest BCUT2D eigenvalue weighted by Crippen LogP contribution is 2.33. The highest BCUT2D eigenvalue weighted by molar-refractivity contribution is 9.11. The Bertz CT molecular complexity index is 826. The first-order valence-electron chi connectivity index (χ1n) is 9.13. The Balaban J connectivity index is 2.28. The van der Waals surface area contributed by atoms with E-state index in [9.17, 15) is 32.9 Å². The van der Waals surface area contributed by atoms with Crippen molar-refractivity contribution in [1.29, 1.82) is 0 Å². The SMILES string of the molecule is CCOC(=O)N1CCC(=O)[C@H]([C@@H](C[N+](=O)[O-])/C(Br)=C/c2ccc(C(F)(F)F)cc2)C1. The third kappa shape index (κ3) is 6.28. The summed E-state index contributed by atoms with van der Waals surface area (Å²) < 4.78 is 43.4. The summed E-state index contributed by atoms with van der Waals surface area (Å²) in [5, 5.41) is 11.2. The van der Waals surface area contributed by atoms with Gasteiger partial charge in [0, 0.05) is 34.8 Å². The van der Waals surface area contributed by atoms with Crippen LogP contribution in [0.4, 0.5) is 18.0 Å². The van der Waals surface area contributed by atoms with E-state index in [1.807, 2.05) is 0 Å². The molecule has 1 heterocycles. The Kier molecular flexibility index (Phi) is 7.99. The predicted molar refractivity (Wildman–Crippen MR) is 105 cm³/mol. The molecule has 11 heteroatoms. The molecule has 1 aliphatic rings. The van der Waals surface area contributed by atoms with Gasteiger partial charge in [-0.2, -0.15) is 13.2 Å². The Morgan fingerprint density at radius 2 is 2.03 bits per heavy atom. The Labute approximate surface area is 179 Å². The number of likely N-dealkylation sites (tertiary alicyclic amines) is 1. The topological polar surface area (TPSA) is 89.8 Å². The second-order valence-electron chi connectivity index (χ2n) is 6.74. The summed E-state index contributed by atoms with van der Waals surface area (Å²) in [6.07, 6.45) is -3.58. The lowest BCUT2D eigenvalue weighted by Crippen LogP contribution is -2.48. The number of benzene rings is 1. The van der Waals surface area contributed by atoms with Gasteiger partial charge in [-0.15, -0.1) is 0 Å². The van der Waals surface area contributed by atoms with Crippen LogP contribution in [-0.2, 0) is 15.7 Å². The van der Waals surface area contributed by atoms with Gasteiger partial charge >= 0.3 is 12.3 Å². The molecule has 0 unspecified atom stereocenters. The van der Waals surface area contributed by atoms with Crippen molar-refractivity contribution in [3.05, 3.63) is 50.0 Å². The fraction of sp³-hybridized carbons (Fsp3) is 0.474. The molecule has 0 saturated carbocycles. The molecule has 0 aromatic heterocycles. The van der Waals surface area contributed by atoms with Gasteiger partial charge < -0.3 is 9.64 Å². The molecular weight excluding hydrogens is 473 g/mol. The Hall–Kier alpha value is -2.43. The minimum absolute atomic E-state index is 0.0356. The maximum Gasteiger partial charge on any atom is 0.416 e. The van der Waals surface area contributed by atoms with Gasteiger partial charge in [0.1, 0.15) is 5.78 Å². The number of nitrogens with zero attached hydrogens (tertiary/aromatic N) is 2. The number of hydrogen-bond acceptors (Lipinski definition) is 5. The molecule has 1 saturated heterocycles. The van der Waals surface area contributed by atoms with Crippen LogP contribution < -0.4 is 0 Å². The molecule has 1 aliphatic heterocycles. The number of ether oxygens (including phenoxy) is 1. The average molecular weight is 493 g/mol. The number of amides is 1. The van der Waals surface area contributed by atoms with Crippen LogP contribution in [0.3, 0.4) is 0 Å². The molecule has 0 spiro atoms. The van der Waals surface area contributed by atoms with E-state index in [1.54, 1.807) is 6.92 Å². The van der Waals surface area contributed by atoms with Gasteiger partial charge in [0.2, 0.25) is 6.54 Å². The first-order valence-corrected chi connectivity index (χ1v) is 9.92. The van der Waals surface area contributed by atoms with E-state index in [-0.39, 0.29) is 31.9 Å². The van der Waals surface area contributed by atoms with Crippen molar-refractivity contribution in [2.75, 3.05) is 26.2 Å². The Morgan fingerprint density at radius 1 is 1.40 bits per heavy atom. The first-order chi connectivity index (χ1) is 14.0. The summed E-state index contributed by atoms with van der Waals surface area (Å²) in [5.74, 6) is -1.94. The largest absolute Gasteiger partial charge is 0.450 e. The number of nitro groups is 1. The molecule has 0 N–H and O–H groups in total. The van der Waals surface area contributed by atoms with Gasteiger partial charge in [-0.05, 0) is 30.7 Å². The van der Waals surface area contributed by atoms with Crippen LogP contribution in [0, 0.1) is 22.0 Å². The molecule has 0 bridgehead atoms. The fourth-order valence-corrected chi connectivity index (χ4v) is 3.92. The third-order valence-electron chi connectivity index (χ3n) is 4.71. The van der Waals surface area contributed by atoms with Crippen LogP contribution in [0.1, 0.15) is 24.5 Å². The minimum Gasteiger partial charge on any atom is -0.450 e. The van der Waals surface area contributed by atoms with Gasteiger partial charge in [0.25, 0.3) is 0 Å². The second-order valence-corrected chi connectivity index (χ2v) is 7.65. The maximum atomic E-state index is 12.7. The van der Waals surface area contributed by atoms with Crippen molar-refractivity contribution in [2.24, 2.45) is 11.8 Å². The van der Waals surface area contributed by atoms with E-state index in [0.717, 1.165) is 12.1 Å². The van der Waals surface area contributed by atoms with E-state index in [0.29, 0.717) is 10.0 Å². The summed E-state index contributed by atoms with van der Waals surface area (Å²) in [7, 11) is 0. The van der Waals surface area contributed by atoms with Crippen molar-refractivity contribution < 1.29 is 32.4 Å². The standard InChI is InChI=1S/C19H20BrF3N2O5/c1-2-30-18(27)24-8-7-17(26)15(10-24)14(11-25(28)29)16(20)9-12-3-5-13(6-4-12)19(21,22)23/h3-6,9,14-15H,2,7-8,10-11H2,1H3/b16-9-/t14-,15+/m1/s1. The first kappa shape index (κ1) is 23.8. The molecule has 1 aromatic carbocycles. The lowest BCUT2D eigenvalue weighted by atomic mass is 9.83. The quantitative estimate of drug-likeness (QED) is 0.434. The van der Waals surface area contributed by atoms with Gasteiger partial charge in [-0.3, -0.25) is 14.9 Å². The highest BCUT2D eigenvalue weighted by atomic mass is 79.9. The van der Waals surface area contributed by atoms with E-state index < -0.39 is 41.1 Å². The zero-order valence-electron chi connectivity index (χ0n) is 16.0. The molecular formula is C19H20BrF3N2O5. The number of piperidine rings is 1. The van der Waals surface area contributed by atoms with Crippen molar-refractivity contribution in [3.63, 3.8) is 0 Å². The lowest BCUT2D eigenvalue weighted by Gasteiger charge is -2.34. The van der Waals surface area contributed by atoms with Crippen LogP contribution >= 0.6 is 15.9 Å². The van der Waals surface area contributed by atoms with E-state index in [4.69, 9.17) is 4.74 Å². The number of halogens is 4. The van der Waals surface area contributed by atoms with Crippen LogP contribution in [0.2, 0.25) is 0 Å². The van der Waals surface area contributed by atoms with Crippen LogP contribution in [-0.4, -0.2) is 47.9 Å². The van der Waals surface area contributed by atoms with Crippen LogP contribution in [0.25, 0.3) is 6.08 Å². The number of Topliss-reactive ketones (excluding diaryl/α,β-unsaturated/α-hetero) is 1. The van der Waals surface area contributed by atoms with Crippen LogP contribution in [0.5, 0.6) is 0 Å². The summed E-state index contributed by atoms with van der Waals surface area (Å²) in [4.78, 5) is 36.5. The fourth-order valence-electron chi connectivity index (χ4n) is 3.20. The number of carbonyl (C=O) groups is 2. The zero-order chi connectivity index (χ0) is 22.5. The number of ketones is 1. The van der Waals surface area contributed by atoms with Crippen molar-refractivity contribution in [1.82, 2.24) is 4.90 Å². The molecule has 7 nitrogen and oxygen atoms in total. The van der Waals surface area contributed by atoms with Crippen molar-refractivity contribution in [2.45, 2.75) is 19.5 Å². The summed E-state index contributed by atoms with van der Waals surface area (Å²) in [6.45, 7) is 1.35. The van der Waals surface area contributed by atoms with E-state index in [2.05, 4.69) is 15.9 Å². The Morgan fingerprint density at radius 3 is 2.57 bits per heavy atom. The predicted octanol–water partition coefficient (Wildman–Crippen LogP) is 4.38. The summed E-state index contributed by atoms with van der Waals surface area (Å²) in [6, 6.07) is 4.29. The molecule has 1 aromatic rings. The van der Waals surface area contributed by atoms with E-state index >= 15 is 0 Å². The van der Waals surface area contributed by atoms with Gasteiger partial charge in [0.05, 0.1) is 18.1 Å². The molecule has 30 heavy (non-hydrogen) atoms. The second kappa shape index (κ2) is 10.1. The molecule has 0 aliphatic carbocycles. The third-order valence-corrected chi connectivity index (χ3v) is 5.53. The number of carbonyl (C=O) groups excluding carboxylic acids is 2. The highest BCUT2D eigenvalue weighted by Gasteiger charge is 2.39. The number of hydrogen-bond donors (Lipinski definition) is 0. The average Bonchev–Trinajstić information content (AvgIpc) is 2.66. The molecule has 164 valence electrons. The van der Waals surface area contributed by atoms with Gasteiger partial charge in [-0.1, -0.05) is 28.1 Å². The zero-order valence-corrected chi connectivity index (χ0v) is 17.6.